The molecule has 38 heavy (non-hydrogen) atoms. The van der Waals surface area contributed by atoms with E-state index >= 15 is 0 Å². The summed E-state index contributed by atoms with van der Waals surface area (Å²) in [4.78, 5) is 11.9. The van der Waals surface area contributed by atoms with Gasteiger partial charge in [0, 0.05) is 12.0 Å². The minimum Gasteiger partial charge on any atom is -0.462 e. The van der Waals surface area contributed by atoms with Gasteiger partial charge in [-0.25, -0.2) is 4.79 Å². The van der Waals surface area contributed by atoms with Crippen molar-refractivity contribution in [1.82, 2.24) is 0 Å². The van der Waals surface area contributed by atoms with Crippen LogP contribution in [0.5, 0.6) is 0 Å². The van der Waals surface area contributed by atoms with Gasteiger partial charge in [0.15, 0.2) is 0 Å². The van der Waals surface area contributed by atoms with E-state index in [2.05, 4.69) is 30.1 Å². The van der Waals surface area contributed by atoms with Crippen molar-refractivity contribution >= 4 is 12.0 Å². The summed E-state index contributed by atoms with van der Waals surface area (Å²) in [6.45, 7) is 2.20. The maximum Gasteiger partial charge on any atom is 0.338 e. The highest BCUT2D eigenvalue weighted by Gasteiger charge is 2.37. The molecule has 2 fully saturated rings. The molecule has 2 atom stereocenters. The van der Waals surface area contributed by atoms with E-state index in [1.54, 1.807) is 0 Å². The first kappa shape index (κ1) is 27.7. The lowest BCUT2D eigenvalue weighted by molar-refractivity contribution is 0.0526. The van der Waals surface area contributed by atoms with Crippen LogP contribution in [0.25, 0.3) is 6.08 Å². The zero-order valence-electron chi connectivity index (χ0n) is 22.6. The molecule has 3 nitrogen and oxygen atoms in total. The first-order valence-electron chi connectivity index (χ1n) is 14.1. The van der Waals surface area contributed by atoms with Crippen LogP contribution in [-0.2, 0) is 4.74 Å². The molecule has 0 aromatic heterocycles. The molecule has 2 aromatic carbocycles. The van der Waals surface area contributed by atoms with Crippen molar-refractivity contribution in [1.29, 1.82) is 0 Å². The second kappa shape index (κ2) is 14.0. The van der Waals surface area contributed by atoms with Crippen LogP contribution in [-0.4, -0.2) is 23.8 Å². The Kier molecular flexibility index (Phi) is 10.2. The molecule has 0 heterocycles. The van der Waals surface area contributed by atoms with Gasteiger partial charge >= 0.3 is 5.97 Å². The Morgan fingerprint density at radius 3 is 2.58 bits per heavy atom. The average molecular weight is 509 g/mol. The molecule has 0 spiro atoms. The van der Waals surface area contributed by atoms with E-state index in [1.807, 2.05) is 73.7 Å². The van der Waals surface area contributed by atoms with Gasteiger partial charge in [-0.15, -0.1) is 0 Å². The third-order valence-electron chi connectivity index (χ3n) is 7.79. The monoisotopic (exact) mass is 508 g/mol. The maximum absolute atomic E-state index is 11.9. The minimum atomic E-state index is -0.447. The summed E-state index contributed by atoms with van der Waals surface area (Å²) in [6.07, 6.45) is 19.9. The standard InChI is InChI=1S/C35H40O3/c1-2-38-34(37)31-21-19-29(20-22-31)26-32-17-7-6-15-30(32)16-8-9-18-33(36)27-35(24-11-25-35)23-10-14-28-12-4-3-5-13-28/h3-5,8-9,12-13,16,18-22,26,30,33,36H,2,6-7,11,15,17,23-25,27H2,1H3/b16-8+,18-9+,32-26+. The van der Waals surface area contributed by atoms with Crippen molar-refractivity contribution in [3.05, 3.63) is 101 Å². The number of benzene rings is 2. The van der Waals surface area contributed by atoms with E-state index in [4.69, 9.17) is 4.74 Å². The molecule has 3 heteroatoms. The number of aliphatic hydroxyl groups is 1. The quantitative estimate of drug-likeness (QED) is 0.213. The van der Waals surface area contributed by atoms with Crippen molar-refractivity contribution < 1.29 is 14.6 Å². The summed E-state index contributed by atoms with van der Waals surface area (Å²) in [6, 6.07) is 17.8. The van der Waals surface area contributed by atoms with Gasteiger partial charge in [-0.05, 0) is 86.6 Å². The Hall–Kier alpha value is -3.35. The van der Waals surface area contributed by atoms with E-state index in [0.717, 1.165) is 49.7 Å². The van der Waals surface area contributed by atoms with Crippen molar-refractivity contribution in [2.45, 2.75) is 70.8 Å². The zero-order chi connectivity index (χ0) is 26.6. The van der Waals surface area contributed by atoms with Crippen LogP contribution in [0, 0.1) is 23.2 Å². The molecule has 2 aromatic rings. The third kappa shape index (κ3) is 8.07. The van der Waals surface area contributed by atoms with E-state index in [-0.39, 0.29) is 11.4 Å². The summed E-state index contributed by atoms with van der Waals surface area (Å²) in [5.74, 6) is 6.78. The highest BCUT2D eigenvalue weighted by Crippen LogP contribution is 2.47. The molecule has 0 radical (unpaired) electrons. The molecule has 2 saturated carbocycles. The van der Waals surface area contributed by atoms with Gasteiger partial charge in [-0.3, -0.25) is 0 Å². The number of allylic oxidation sites excluding steroid dienone is 4. The highest BCUT2D eigenvalue weighted by atomic mass is 16.5. The minimum absolute atomic E-state index is 0.150. The second-order valence-electron chi connectivity index (χ2n) is 10.7. The number of carbonyl (C=O) groups is 1. The first-order valence-corrected chi connectivity index (χ1v) is 14.1. The molecule has 2 unspecified atom stereocenters. The molecule has 0 aliphatic heterocycles. The largest absolute Gasteiger partial charge is 0.462 e. The van der Waals surface area contributed by atoms with Crippen LogP contribution in [0.2, 0.25) is 0 Å². The summed E-state index contributed by atoms with van der Waals surface area (Å²) in [7, 11) is 0. The van der Waals surface area contributed by atoms with Crippen molar-refractivity contribution in [2.24, 2.45) is 11.3 Å². The van der Waals surface area contributed by atoms with Gasteiger partial charge in [0.1, 0.15) is 0 Å². The Labute approximate surface area is 228 Å². The van der Waals surface area contributed by atoms with Crippen LogP contribution in [0.3, 0.4) is 0 Å². The van der Waals surface area contributed by atoms with Gasteiger partial charge in [0.2, 0.25) is 0 Å². The average Bonchev–Trinajstić information content (AvgIpc) is 2.91. The first-order chi connectivity index (χ1) is 18.6. The Morgan fingerprint density at radius 1 is 1.08 bits per heavy atom. The smallest absolute Gasteiger partial charge is 0.338 e. The Bertz CT molecular complexity index is 1190. The lowest BCUT2D eigenvalue weighted by Crippen LogP contribution is -2.32. The fourth-order valence-electron chi connectivity index (χ4n) is 5.49. The molecule has 2 aliphatic carbocycles. The van der Waals surface area contributed by atoms with E-state index in [0.29, 0.717) is 18.1 Å². The Morgan fingerprint density at radius 2 is 1.87 bits per heavy atom. The zero-order valence-corrected chi connectivity index (χ0v) is 22.6. The van der Waals surface area contributed by atoms with E-state index in [1.165, 1.54) is 24.8 Å². The van der Waals surface area contributed by atoms with Crippen molar-refractivity contribution in [2.75, 3.05) is 6.61 Å². The number of hydrogen-bond acceptors (Lipinski definition) is 3. The number of ether oxygens (including phenoxy) is 1. The summed E-state index contributed by atoms with van der Waals surface area (Å²) < 4.78 is 5.08. The highest BCUT2D eigenvalue weighted by molar-refractivity contribution is 5.89. The number of hydrogen-bond donors (Lipinski definition) is 1. The van der Waals surface area contributed by atoms with Gasteiger partial charge in [-0.1, -0.05) is 91.0 Å². The van der Waals surface area contributed by atoms with Gasteiger partial charge in [0.25, 0.3) is 0 Å². The second-order valence-corrected chi connectivity index (χ2v) is 10.7. The topological polar surface area (TPSA) is 46.5 Å². The predicted molar refractivity (Wildman–Crippen MR) is 155 cm³/mol. The molecule has 1 N–H and O–H groups in total. The van der Waals surface area contributed by atoms with Crippen molar-refractivity contribution in [3.8, 4) is 11.8 Å². The number of esters is 1. The molecule has 2 aliphatic rings. The molecule has 198 valence electrons. The van der Waals surface area contributed by atoms with E-state index < -0.39 is 6.10 Å². The molecule has 0 saturated heterocycles. The van der Waals surface area contributed by atoms with Crippen LogP contribution in [0.1, 0.15) is 86.2 Å². The summed E-state index contributed by atoms with van der Waals surface area (Å²) >= 11 is 0. The summed E-state index contributed by atoms with van der Waals surface area (Å²) in [5, 5.41) is 10.7. The van der Waals surface area contributed by atoms with Crippen LogP contribution in [0.4, 0.5) is 0 Å². The lowest BCUT2D eigenvalue weighted by atomic mass is 9.64. The van der Waals surface area contributed by atoms with Gasteiger partial charge in [-0.2, -0.15) is 0 Å². The fraction of sp³-hybridized carbons (Fsp3) is 0.400. The normalized spacial score (nSPS) is 20.6. The Balaban J connectivity index is 1.31. The number of carbonyl (C=O) groups excluding carboxylic acids is 1. The molecular weight excluding hydrogens is 468 g/mol. The fourth-order valence-corrected chi connectivity index (χ4v) is 5.49. The van der Waals surface area contributed by atoms with Crippen LogP contribution < -0.4 is 0 Å². The van der Waals surface area contributed by atoms with Crippen LogP contribution >= 0.6 is 0 Å². The molecule has 0 bridgehead atoms. The van der Waals surface area contributed by atoms with Gasteiger partial charge in [0.05, 0.1) is 18.3 Å². The SMILES string of the molecule is CCOC(=O)c1ccc(/C=C2\CCCCC2/C=C/C=C/C(O)CC2(CC#Cc3ccccc3)CCC2)cc1. The number of aliphatic hydroxyl groups excluding tert-OH is 1. The molecular formula is C35H40O3. The lowest BCUT2D eigenvalue weighted by Gasteiger charge is -2.41. The molecule has 0 amide bonds. The maximum atomic E-state index is 11.9. The van der Waals surface area contributed by atoms with E-state index in [9.17, 15) is 9.90 Å². The third-order valence-corrected chi connectivity index (χ3v) is 7.79. The number of rotatable bonds is 9. The van der Waals surface area contributed by atoms with Gasteiger partial charge < -0.3 is 9.84 Å². The van der Waals surface area contributed by atoms with Crippen molar-refractivity contribution in [3.63, 3.8) is 0 Å². The molecule has 4 rings (SSSR count). The predicted octanol–water partition coefficient (Wildman–Crippen LogP) is 7.91. The van der Waals surface area contributed by atoms with Crippen LogP contribution in [0.15, 0.2) is 84.5 Å². The summed E-state index contributed by atoms with van der Waals surface area (Å²) in [5.41, 5.74) is 4.33.